The van der Waals surface area contributed by atoms with Crippen LogP contribution in [0.1, 0.15) is 13.8 Å². The first kappa shape index (κ1) is 9.98. The van der Waals surface area contributed by atoms with Crippen molar-refractivity contribution in [3.8, 4) is 0 Å². The average molecular weight is 186 g/mol. The Morgan fingerprint density at radius 1 is 1.31 bits per heavy atom. The first-order valence-corrected chi connectivity index (χ1v) is 4.29. The lowest BCUT2D eigenvalue weighted by atomic mass is 10.1. The van der Waals surface area contributed by atoms with E-state index in [0.717, 1.165) is 0 Å². The van der Waals surface area contributed by atoms with E-state index in [0.29, 0.717) is 13.1 Å². The highest BCUT2D eigenvalue weighted by Gasteiger charge is 2.28. The molecule has 5 nitrogen and oxygen atoms in total. The molecule has 0 bridgehead atoms. The second-order valence-electron chi connectivity index (χ2n) is 3.48. The standard InChI is InChI=1S/C8H14N2O3/c1-5-3-10(4-6(2)9-5)7(11)8(12)13/h5-6,9H,3-4H2,1-2H3,(H,12,13)/t5-,6-/m0/s1. The molecule has 0 spiro atoms. The van der Waals surface area contributed by atoms with E-state index in [1.165, 1.54) is 4.90 Å². The molecule has 0 unspecified atom stereocenters. The lowest BCUT2D eigenvalue weighted by molar-refractivity contribution is -0.156. The Balaban J connectivity index is 2.60. The van der Waals surface area contributed by atoms with Crippen molar-refractivity contribution in [3.63, 3.8) is 0 Å². The van der Waals surface area contributed by atoms with Gasteiger partial charge in [-0.3, -0.25) is 4.79 Å². The number of piperazine rings is 1. The number of nitrogens with one attached hydrogen (secondary N) is 1. The molecule has 0 aromatic heterocycles. The van der Waals surface area contributed by atoms with E-state index < -0.39 is 11.9 Å². The SMILES string of the molecule is C[C@H]1CN(C(=O)C(=O)O)C[C@H](C)N1. The number of hydrogen-bond donors (Lipinski definition) is 2. The summed E-state index contributed by atoms with van der Waals surface area (Å²) in [5.74, 6) is -2.18. The third-order valence-electron chi connectivity index (χ3n) is 2.03. The van der Waals surface area contributed by atoms with E-state index in [2.05, 4.69) is 5.32 Å². The van der Waals surface area contributed by atoms with Gasteiger partial charge in [0.15, 0.2) is 0 Å². The predicted octanol–water partition coefficient (Wildman–Crippen LogP) is -0.720. The van der Waals surface area contributed by atoms with Gasteiger partial charge in [-0.2, -0.15) is 0 Å². The van der Waals surface area contributed by atoms with Crippen LogP contribution >= 0.6 is 0 Å². The van der Waals surface area contributed by atoms with Crippen molar-refractivity contribution in [1.29, 1.82) is 0 Å². The minimum absolute atomic E-state index is 0.159. The molecule has 5 heteroatoms. The molecular weight excluding hydrogens is 172 g/mol. The fraction of sp³-hybridized carbons (Fsp3) is 0.750. The molecule has 0 aliphatic carbocycles. The monoisotopic (exact) mass is 186 g/mol. The quantitative estimate of drug-likeness (QED) is 0.490. The van der Waals surface area contributed by atoms with Gasteiger partial charge >= 0.3 is 11.9 Å². The van der Waals surface area contributed by atoms with Gasteiger partial charge in [-0.1, -0.05) is 0 Å². The lowest BCUT2D eigenvalue weighted by Crippen LogP contribution is -2.57. The van der Waals surface area contributed by atoms with Crippen LogP contribution < -0.4 is 5.32 Å². The van der Waals surface area contributed by atoms with Crippen molar-refractivity contribution in [2.24, 2.45) is 0 Å². The third-order valence-corrected chi connectivity index (χ3v) is 2.03. The zero-order valence-corrected chi connectivity index (χ0v) is 7.78. The molecule has 2 N–H and O–H groups in total. The highest BCUT2D eigenvalue weighted by Crippen LogP contribution is 2.03. The molecule has 0 aromatic carbocycles. The Hall–Kier alpha value is -1.10. The van der Waals surface area contributed by atoms with Gasteiger partial charge in [-0.05, 0) is 13.8 Å². The molecule has 1 amide bonds. The summed E-state index contributed by atoms with van der Waals surface area (Å²) in [5, 5.41) is 11.7. The van der Waals surface area contributed by atoms with Crippen molar-refractivity contribution >= 4 is 11.9 Å². The maximum Gasteiger partial charge on any atom is 0.394 e. The van der Waals surface area contributed by atoms with Gasteiger partial charge < -0.3 is 15.3 Å². The second kappa shape index (κ2) is 3.74. The summed E-state index contributed by atoms with van der Waals surface area (Å²) in [4.78, 5) is 22.9. The van der Waals surface area contributed by atoms with E-state index in [1.54, 1.807) is 0 Å². The van der Waals surface area contributed by atoms with Crippen LogP contribution in [-0.4, -0.2) is 47.1 Å². The van der Waals surface area contributed by atoms with Crippen LogP contribution in [0.3, 0.4) is 0 Å². The van der Waals surface area contributed by atoms with Crippen LogP contribution in [0.5, 0.6) is 0 Å². The average Bonchev–Trinajstić information content (AvgIpc) is 2.01. The smallest absolute Gasteiger partial charge is 0.394 e. The van der Waals surface area contributed by atoms with Crippen molar-refractivity contribution in [2.45, 2.75) is 25.9 Å². The Bertz CT molecular complexity index is 219. The number of rotatable bonds is 0. The number of carbonyl (C=O) groups excluding carboxylic acids is 1. The minimum Gasteiger partial charge on any atom is -0.474 e. The van der Waals surface area contributed by atoms with Gasteiger partial charge in [0, 0.05) is 25.2 Å². The molecule has 0 aromatic rings. The van der Waals surface area contributed by atoms with E-state index >= 15 is 0 Å². The summed E-state index contributed by atoms with van der Waals surface area (Å²) in [6, 6.07) is 0.319. The topological polar surface area (TPSA) is 69.6 Å². The van der Waals surface area contributed by atoms with Crippen LogP contribution in [0.2, 0.25) is 0 Å². The summed E-state index contributed by atoms with van der Waals surface area (Å²) in [6.07, 6.45) is 0. The zero-order valence-electron chi connectivity index (χ0n) is 7.78. The third kappa shape index (κ3) is 2.42. The van der Waals surface area contributed by atoms with Gasteiger partial charge in [0.25, 0.3) is 0 Å². The molecule has 1 heterocycles. The van der Waals surface area contributed by atoms with Gasteiger partial charge in [0.2, 0.25) is 0 Å². The summed E-state index contributed by atoms with van der Waals surface area (Å²) < 4.78 is 0. The van der Waals surface area contributed by atoms with E-state index in [4.69, 9.17) is 5.11 Å². The van der Waals surface area contributed by atoms with E-state index in [1.807, 2.05) is 13.8 Å². The maximum absolute atomic E-state index is 11.1. The largest absolute Gasteiger partial charge is 0.474 e. The van der Waals surface area contributed by atoms with Gasteiger partial charge in [0.1, 0.15) is 0 Å². The first-order chi connectivity index (χ1) is 6.00. The summed E-state index contributed by atoms with van der Waals surface area (Å²) in [6.45, 7) is 4.79. The van der Waals surface area contributed by atoms with Crippen molar-refractivity contribution < 1.29 is 14.7 Å². The fourth-order valence-corrected chi connectivity index (χ4v) is 1.63. The molecule has 2 atom stereocenters. The number of aliphatic carboxylic acids is 1. The number of nitrogens with zero attached hydrogens (tertiary/aromatic N) is 1. The Kier molecular flexibility index (Phi) is 2.87. The molecule has 0 saturated carbocycles. The van der Waals surface area contributed by atoms with E-state index in [-0.39, 0.29) is 12.1 Å². The second-order valence-corrected chi connectivity index (χ2v) is 3.48. The van der Waals surface area contributed by atoms with Crippen LogP contribution in [-0.2, 0) is 9.59 Å². The Morgan fingerprint density at radius 3 is 2.15 bits per heavy atom. The molecule has 1 aliphatic rings. The Labute approximate surface area is 76.7 Å². The number of hydrogen-bond acceptors (Lipinski definition) is 3. The molecule has 1 fully saturated rings. The fourth-order valence-electron chi connectivity index (χ4n) is 1.63. The molecule has 1 rings (SSSR count). The number of amides is 1. The van der Waals surface area contributed by atoms with Gasteiger partial charge in [-0.25, -0.2) is 4.79 Å². The molecule has 1 aliphatic heterocycles. The molecule has 74 valence electrons. The molecule has 1 saturated heterocycles. The number of carboxylic acids is 1. The van der Waals surface area contributed by atoms with Crippen LogP contribution in [0.15, 0.2) is 0 Å². The normalized spacial score (nSPS) is 28.6. The highest BCUT2D eigenvalue weighted by atomic mass is 16.4. The van der Waals surface area contributed by atoms with E-state index in [9.17, 15) is 9.59 Å². The number of carbonyl (C=O) groups is 2. The molecular formula is C8H14N2O3. The minimum atomic E-state index is -1.37. The van der Waals surface area contributed by atoms with Crippen molar-refractivity contribution in [2.75, 3.05) is 13.1 Å². The molecule has 13 heavy (non-hydrogen) atoms. The summed E-state index contributed by atoms with van der Waals surface area (Å²) in [7, 11) is 0. The number of carboxylic acid groups (broad SMARTS) is 1. The van der Waals surface area contributed by atoms with Crippen LogP contribution in [0.4, 0.5) is 0 Å². The summed E-state index contributed by atoms with van der Waals surface area (Å²) >= 11 is 0. The van der Waals surface area contributed by atoms with Crippen molar-refractivity contribution in [1.82, 2.24) is 10.2 Å². The van der Waals surface area contributed by atoms with Crippen LogP contribution in [0.25, 0.3) is 0 Å². The van der Waals surface area contributed by atoms with Gasteiger partial charge in [-0.15, -0.1) is 0 Å². The molecule has 0 radical (unpaired) electrons. The van der Waals surface area contributed by atoms with Crippen molar-refractivity contribution in [3.05, 3.63) is 0 Å². The highest BCUT2D eigenvalue weighted by molar-refractivity contribution is 6.31. The van der Waals surface area contributed by atoms with Crippen LogP contribution in [0, 0.1) is 0 Å². The zero-order chi connectivity index (χ0) is 10.0. The predicted molar refractivity (Wildman–Crippen MR) is 46.3 cm³/mol. The van der Waals surface area contributed by atoms with Gasteiger partial charge in [0.05, 0.1) is 0 Å². The lowest BCUT2D eigenvalue weighted by Gasteiger charge is -2.35. The first-order valence-electron chi connectivity index (χ1n) is 4.29. The maximum atomic E-state index is 11.1. The summed E-state index contributed by atoms with van der Waals surface area (Å²) in [5.41, 5.74) is 0. The Morgan fingerprint density at radius 2 is 1.77 bits per heavy atom.